The molecule has 2 aliphatic heterocycles. The first kappa shape index (κ1) is 14.8. The number of hydrogen-bond donors (Lipinski definition) is 1. The van der Waals surface area contributed by atoms with Crippen molar-refractivity contribution in [1.82, 2.24) is 10.2 Å². The fourth-order valence-electron chi connectivity index (χ4n) is 3.59. The third-order valence-corrected chi connectivity index (χ3v) is 5.35. The number of carbonyl (C=O) groups excluding carboxylic acids is 1. The fraction of sp³-hybridized carbons (Fsp3) is 0.938. The van der Waals surface area contributed by atoms with Gasteiger partial charge in [-0.25, -0.2) is 0 Å². The van der Waals surface area contributed by atoms with E-state index in [2.05, 4.69) is 31.0 Å². The van der Waals surface area contributed by atoms with E-state index in [1.807, 2.05) is 0 Å². The van der Waals surface area contributed by atoms with Crippen molar-refractivity contribution in [3.05, 3.63) is 0 Å². The number of carbonyl (C=O) groups is 1. The van der Waals surface area contributed by atoms with Crippen LogP contribution in [-0.4, -0.2) is 37.0 Å². The minimum absolute atomic E-state index is 0.202. The summed E-state index contributed by atoms with van der Waals surface area (Å²) in [6, 6.07) is 0. The van der Waals surface area contributed by atoms with E-state index in [1.54, 1.807) is 0 Å². The Morgan fingerprint density at radius 2 is 1.95 bits per heavy atom. The number of rotatable bonds is 3. The Balaban J connectivity index is 1.94. The molecule has 3 nitrogen and oxygen atoms in total. The third kappa shape index (κ3) is 3.31. The summed E-state index contributed by atoms with van der Waals surface area (Å²) in [5.74, 6) is 1.72. The van der Waals surface area contributed by atoms with Gasteiger partial charge in [0.25, 0.3) is 0 Å². The van der Waals surface area contributed by atoms with Gasteiger partial charge in [-0.05, 0) is 50.6 Å². The molecule has 1 atom stereocenters. The lowest BCUT2D eigenvalue weighted by molar-refractivity contribution is -0.145. The molecular formula is C16H30N2O. The summed E-state index contributed by atoms with van der Waals surface area (Å²) >= 11 is 0. The van der Waals surface area contributed by atoms with E-state index in [0.29, 0.717) is 11.8 Å². The lowest BCUT2D eigenvalue weighted by Crippen LogP contribution is -2.50. The molecule has 2 rings (SSSR count). The second-order valence-electron chi connectivity index (χ2n) is 6.91. The van der Waals surface area contributed by atoms with Crippen LogP contribution in [0.3, 0.4) is 0 Å². The van der Waals surface area contributed by atoms with Crippen molar-refractivity contribution in [2.24, 2.45) is 17.3 Å². The van der Waals surface area contributed by atoms with Gasteiger partial charge in [-0.15, -0.1) is 0 Å². The minimum atomic E-state index is -0.202. The summed E-state index contributed by atoms with van der Waals surface area (Å²) in [5.41, 5.74) is -0.202. The van der Waals surface area contributed by atoms with Crippen LogP contribution in [0.25, 0.3) is 0 Å². The molecular weight excluding hydrogens is 236 g/mol. The van der Waals surface area contributed by atoms with Crippen molar-refractivity contribution < 1.29 is 4.79 Å². The maximum absolute atomic E-state index is 12.8. The smallest absolute Gasteiger partial charge is 0.228 e. The van der Waals surface area contributed by atoms with Crippen molar-refractivity contribution in [3.8, 4) is 0 Å². The van der Waals surface area contributed by atoms with Gasteiger partial charge in [0.15, 0.2) is 0 Å². The topological polar surface area (TPSA) is 32.3 Å². The Bertz CT molecular complexity index is 300. The third-order valence-electron chi connectivity index (χ3n) is 5.35. The molecule has 0 aromatic heterocycles. The minimum Gasteiger partial charge on any atom is -0.342 e. The molecule has 1 amide bonds. The highest BCUT2D eigenvalue weighted by Gasteiger charge is 2.40. The van der Waals surface area contributed by atoms with Crippen molar-refractivity contribution in [2.45, 2.75) is 52.9 Å². The zero-order valence-electron chi connectivity index (χ0n) is 12.9. The van der Waals surface area contributed by atoms with E-state index in [4.69, 9.17) is 0 Å². The first-order chi connectivity index (χ1) is 9.05. The highest BCUT2D eigenvalue weighted by atomic mass is 16.2. The molecule has 0 aromatic carbocycles. The van der Waals surface area contributed by atoms with Crippen LogP contribution in [0.1, 0.15) is 52.9 Å². The van der Waals surface area contributed by atoms with Gasteiger partial charge in [-0.1, -0.05) is 27.2 Å². The monoisotopic (exact) mass is 266 g/mol. The molecule has 1 N–H and O–H groups in total. The molecule has 2 aliphatic rings. The largest absolute Gasteiger partial charge is 0.342 e. The summed E-state index contributed by atoms with van der Waals surface area (Å²) in [6.45, 7) is 10.6. The second-order valence-corrected chi connectivity index (χ2v) is 6.91. The predicted molar refractivity (Wildman–Crippen MR) is 79.0 cm³/mol. The molecule has 2 fully saturated rings. The van der Waals surface area contributed by atoms with Gasteiger partial charge in [0.2, 0.25) is 5.91 Å². The highest BCUT2D eigenvalue weighted by molar-refractivity contribution is 5.82. The lowest BCUT2D eigenvalue weighted by Gasteiger charge is -2.41. The molecule has 0 aliphatic carbocycles. The van der Waals surface area contributed by atoms with Gasteiger partial charge in [-0.2, -0.15) is 0 Å². The standard InChI is InChI=1S/C16H30N2O/c1-4-13-7-10-18(11-8-13)15(19)16(2,3)14-6-5-9-17-12-14/h13-14,17H,4-12H2,1-3H3. The average Bonchev–Trinajstić information content (AvgIpc) is 2.47. The molecule has 3 heteroatoms. The predicted octanol–water partition coefficient (Wildman–Crippen LogP) is 2.66. The summed E-state index contributed by atoms with van der Waals surface area (Å²) in [5, 5.41) is 3.44. The van der Waals surface area contributed by atoms with Gasteiger partial charge in [-0.3, -0.25) is 4.79 Å². The number of amides is 1. The number of nitrogens with zero attached hydrogens (tertiary/aromatic N) is 1. The van der Waals surface area contributed by atoms with E-state index >= 15 is 0 Å². The Kier molecular flexibility index (Phi) is 4.88. The van der Waals surface area contributed by atoms with Gasteiger partial charge < -0.3 is 10.2 Å². The summed E-state index contributed by atoms with van der Waals surface area (Å²) in [6.07, 6.45) is 6.05. The normalized spacial score (nSPS) is 26.5. The Hall–Kier alpha value is -0.570. The van der Waals surface area contributed by atoms with E-state index in [9.17, 15) is 4.79 Å². The maximum Gasteiger partial charge on any atom is 0.228 e. The number of piperidine rings is 2. The number of nitrogens with one attached hydrogen (secondary N) is 1. The molecule has 0 bridgehead atoms. The van der Waals surface area contributed by atoms with Gasteiger partial charge in [0.05, 0.1) is 0 Å². The summed E-state index contributed by atoms with van der Waals surface area (Å²) < 4.78 is 0. The van der Waals surface area contributed by atoms with Gasteiger partial charge in [0, 0.05) is 18.5 Å². The van der Waals surface area contributed by atoms with Crippen LogP contribution in [-0.2, 0) is 4.79 Å². The summed E-state index contributed by atoms with van der Waals surface area (Å²) in [7, 11) is 0. The molecule has 0 saturated carbocycles. The highest BCUT2D eigenvalue weighted by Crippen LogP contribution is 2.35. The van der Waals surface area contributed by atoms with E-state index < -0.39 is 0 Å². The molecule has 0 radical (unpaired) electrons. The molecule has 19 heavy (non-hydrogen) atoms. The van der Waals surface area contributed by atoms with Crippen LogP contribution in [0.4, 0.5) is 0 Å². The summed E-state index contributed by atoms with van der Waals surface area (Å²) in [4.78, 5) is 14.9. The Morgan fingerprint density at radius 3 is 2.47 bits per heavy atom. The van der Waals surface area contributed by atoms with Crippen LogP contribution in [0.5, 0.6) is 0 Å². The van der Waals surface area contributed by atoms with Crippen LogP contribution in [0.2, 0.25) is 0 Å². The second kappa shape index (κ2) is 6.25. The van der Waals surface area contributed by atoms with Crippen molar-refractivity contribution in [3.63, 3.8) is 0 Å². The zero-order chi connectivity index (χ0) is 13.9. The van der Waals surface area contributed by atoms with Crippen LogP contribution < -0.4 is 5.32 Å². The van der Waals surface area contributed by atoms with Crippen molar-refractivity contribution in [1.29, 1.82) is 0 Å². The molecule has 2 saturated heterocycles. The molecule has 0 aromatic rings. The average molecular weight is 266 g/mol. The first-order valence-electron chi connectivity index (χ1n) is 8.05. The van der Waals surface area contributed by atoms with E-state index in [1.165, 1.54) is 32.1 Å². The molecule has 110 valence electrons. The van der Waals surface area contributed by atoms with E-state index in [0.717, 1.165) is 32.1 Å². The van der Waals surface area contributed by atoms with Crippen LogP contribution in [0, 0.1) is 17.3 Å². The Labute approximate surface area is 118 Å². The van der Waals surface area contributed by atoms with E-state index in [-0.39, 0.29) is 5.41 Å². The number of likely N-dealkylation sites (tertiary alicyclic amines) is 1. The van der Waals surface area contributed by atoms with Gasteiger partial charge in [0.1, 0.15) is 0 Å². The SMILES string of the molecule is CCC1CCN(C(=O)C(C)(C)C2CCCNC2)CC1. The quantitative estimate of drug-likeness (QED) is 0.852. The lowest BCUT2D eigenvalue weighted by atomic mass is 9.73. The van der Waals surface area contributed by atoms with Crippen LogP contribution >= 0.6 is 0 Å². The fourth-order valence-corrected chi connectivity index (χ4v) is 3.59. The van der Waals surface area contributed by atoms with Crippen molar-refractivity contribution >= 4 is 5.91 Å². The van der Waals surface area contributed by atoms with Crippen molar-refractivity contribution in [2.75, 3.05) is 26.2 Å². The van der Waals surface area contributed by atoms with Gasteiger partial charge >= 0.3 is 0 Å². The Morgan fingerprint density at radius 1 is 1.26 bits per heavy atom. The molecule has 1 unspecified atom stereocenters. The number of hydrogen-bond acceptors (Lipinski definition) is 2. The molecule has 2 heterocycles. The molecule has 0 spiro atoms. The zero-order valence-corrected chi connectivity index (χ0v) is 12.9. The maximum atomic E-state index is 12.8. The van der Waals surface area contributed by atoms with Crippen LogP contribution in [0.15, 0.2) is 0 Å². The first-order valence-corrected chi connectivity index (χ1v) is 8.05.